The first-order valence-electron chi connectivity index (χ1n) is 45.4. The van der Waals surface area contributed by atoms with E-state index < -0.39 is 0 Å². The van der Waals surface area contributed by atoms with Crippen molar-refractivity contribution in [2.24, 2.45) is 0 Å². The van der Waals surface area contributed by atoms with Gasteiger partial charge >= 0.3 is 0 Å². The van der Waals surface area contributed by atoms with E-state index in [1.165, 1.54) is 227 Å². The summed E-state index contributed by atoms with van der Waals surface area (Å²) in [6.45, 7) is 0. The van der Waals surface area contributed by atoms with E-state index >= 15 is 0 Å². The highest BCUT2D eigenvalue weighted by Gasteiger charge is 2.40. The van der Waals surface area contributed by atoms with E-state index in [-0.39, 0.29) is 23.6 Å². The van der Waals surface area contributed by atoms with Crippen LogP contribution >= 0.6 is 0 Å². The van der Waals surface area contributed by atoms with Gasteiger partial charge in [-0.1, -0.05) is 340 Å². The molecule has 0 saturated heterocycles. The maximum atomic E-state index is 14.3. The summed E-state index contributed by atoms with van der Waals surface area (Å²) >= 11 is 0. The van der Waals surface area contributed by atoms with Gasteiger partial charge in [-0.25, -0.2) is 9.80 Å². The van der Waals surface area contributed by atoms with Crippen LogP contribution in [0.5, 0.6) is 0 Å². The van der Waals surface area contributed by atoms with Crippen LogP contribution in [0.15, 0.2) is 388 Å². The van der Waals surface area contributed by atoms with Crippen molar-refractivity contribution in [2.45, 2.75) is 0 Å². The average Bonchev–Trinajstić information content (AvgIpc) is 1.33. The molecule has 29 aromatic carbocycles. The highest BCUT2D eigenvalue weighted by atomic mass is 16.2. The molecule has 0 atom stereocenters. The molecule has 1 aliphatic carbocycles. The van der Waals surface area contributed by atoms with Gasteiger partial charge in [-0.15, -0.1) is 0 Å². The number of rotatable bonds is 6. The molecule has 0 unspecified atom stereocenters. The fourth-order valence-corrected chi connectivity index (χ4v) is 25.6. The molecule has 0 N–H and O–H groups in total. The Bertz CT molecular complexity index is 9830. The third-order valence-electron chi connectivity index (χ3n) is 30.5. The molecule has 4 amide bonds. The molecular weight excluding hydrogens is 1610 g/mol. The summed E-state index contributed by atoms with van der Waals surface area (Å²) in [6.07, 6.45) is 0. The number of fused-ring (bicyclic) bond motifs is 18. The highest BCUT2D eigenvalue weighted by molar-refractivity contribution is 6.53. The second kappa shape index (κ2) is 25.2. The van der Waals surface area contributed by atoms with Gasteiger partial charge in [0.2, 0.25) is 0 Å². The highest BCUT2D eigenvalue weighted by Crippen LogP contribution is 2.63. The first-order chi connectivity index (χ1) is 65.3. The number of para-hydroxylation sites is 2. The average molecular weight is 1670 g/mol. The summed E-state index contributed by atoms with van der Waals surface area (Å²) < 4.78 is 0. The lowest BCUT2D eigenvalue weighted by molar-refractivity contribution is 0.0877. The van der Waals surface area contributed by atoms with Gasteiger partial charge in [0.25, 0.3) is 23.6 Å². The fraction of sp³-hybridized carbons (Fsp3) is 0. The number of anilines is 2. The third-order valence-corrected chi connectivity index (χ3v) is 30.5. The Hall–Kier alpha value is -17.6. The van der Waals surface area contributed by atoms with E-state index in [9.17, 15) is 19.2 Å². The molecule has 0 spiro atoms. The molecule has 132 heavy (non-hydrogen) atoms. The van der Waals surface area contributed by atoms with Crippen molar-refractivity contribution in [3.05, 3.63) is 411 Å². The summed E-state index contributed by atoms with van der Waals surface area (Å²) in [5.74, 6) is -1.16. The van der Waals surface area contributed by atoms with E-state index in [1.54, 1.807) is 0 Å². The van der Waals surface area contributed by atoms with E-state index in [1.807, 2.05) is 84.9 Å². The summed E-state index contributed by atoms with van der Waals surface area (Å²) in [4.78, 5) is 59.6. The van der Waals surface area contributed by atoms with Gasteiger partial charge in [-0.2, -0.15) is 0 Å². The van der Waals surface area contributed by atoms with Gasteiger partial charge in [-0.05, 0) is 320 Å². The zero-order chi connectivity index (χ0) is 86.2. The van der Waals surface area contributed by atoms with Crippen molar-refractivity contribution in [3.8, 4) is 66.8 Å². The number of benzene rings is 27. The van der Waals surface area contributed by atoms with Crippen molar-refractivity contribution in [3.63, 3.8) is 0 Å². The third kappa shape index (κ3) is 8.66. The lowest BCUT2D eigenvalue weighted by Crippen LogP contribution is -2.40. The van der Waals surface area contributed by atoms with Crippen molar-refractivity contribution in [2.75, 3.05) is 9.80 Å². The zero-order valence-corrected chi connectivity index (χ0v) is 70.5. The molecule has 602 valence electrons. The molecule has 0 saturated carbocycles. The number of hydrogen-bond donors (Lipinski definition) is 0. The van der Waals surface area contributed by atoms with Crippen LogP contribution in [-0.4, -0.2) is 23.6 Å². The molecule has 32 rings (SSSR count). The molecule has 6 heteroatoms. The molecule has 3 aliphatic rings. The molecule has 0 radical (unpaired) electrons. The van der Waals surface area contributed by atoms with Crippen LogP contribution in [0.3, 0.4) is 0 Å². The Morgan fingerprint density at radius 2 is 0.318 bits per heavy atom. The van der Waals surface area contributed by atoms with Crippen LogP contribution in [0.2, 0.25) is 0 Å². The minimum absolute atomic E-state index is 0.290. The summed E-state index contributed by atoms with van der Waals surface area (Å²) in [7, 11) is 0. The van der Waals surface area contributed by atoms with Crippen molar-refractivity contribution in [1.29, 1.82) is 0 Å². The van der Waals surface area contributed by atoms with Gasteiger partial charge in [-0.3, -0.25) is 19.2 Å². The Morgan fingerprint density at radius 3 is 0.598 bits per heavy atom. The molecular formula is C126H64N2O4. The fourth-order valence-electron chi connectivity index (χ4n) is 25.6. The summed E-state index contributed by atoms with van der Waals surface area (Å²) in [6, 6.07) is 139. The van der Waals surface area contributed by atoms with Gasteiger partial charge < -0.3 is 0 Å². The topological polar surface area (TPSA) is 74.8 Å². The standard InChI is InChI=1S/C66H33NO2.C60H31NO2/c68-65-50-32-28-44-40-24-22-38-42-26-30-48-59-49(31-27-43(57(42)59)39-23-25-41(56(40)55(38)39)45-29-33-51(60(50)58(44)45)66(69)67(65)37-18-8-3-9-19-37)64-54(36-14-6-2-7-15-36)62-47-21-11-17-34-16-10-20-46(52(34)47)61(62)53(63(48)64)35-12-4-1-5-13-35;62-59-47-30-26-43-39-22-20-37-41-24-28-45-55-46(58-50(33-14-6-2-7-15-33)36-19-11-10-18-35(36)49(57(45)58)32-12-4-1-5-13-32)29-25-42(53(41)55)38-21-23-40(52(39)51(37)38)44-27-31-48(56(47)54(43)44)60(63)61(59)34-16-8-3-9-17-34/h1-33H;1-31H. The summed E-state index contributed by atoms with van der Waals surface area (Å²) in [5.41, 5.74) is 18.5. The molecule has 0 aromatic heterocycles. The SMILES string of the molecule is O=C1c2ccc3c4ccc5c6ccc7c8c(-c9ccccc9)c9c%10cccc%11cccc(c9c(-c9ccccc9)c8c8ccc(c9ccc(c%12ccc(c2c3%12)C(=O)N1c1ccccc1)c4c59)c6c78)c%11%10.O=C1c2ccc3c4ccc5c6ccc7c8c(ccc(c9ccc(c%10ccc(c2c3%10)C(=O)N1c1ccccc1)c4c59)c86)-c1c-7c(-c2ccccc2)c2ccccc2c1-c1ccccc1. The Balaban J connectivity index is 0.000000125. The van der Waals surface area contributed by atoms with E-state index in [2.05, 4.69) is 303 Å². The maximum Gasteiger partial charge on any atom is 0.265 e. The smallest absolute Gasteiger partial charge is 0.265 e. The number of amides is 4. The monoisotopic (exact) mass is 1670 g/mol. The Morgan fingerprint density at radius 1 is 0.121 bits per heavy atom. The van der Waals surface area contributed by atoms with Crippen LogP contribution in [-0.2, 0) is 0 Å². The Labute approximate surface area is 751 Å². The second-order valence-corrected chi connectivity index (χ2v) is 36.5. The van der Waals surface area contributed by atoms with E-state index in [0.717, 1.165) is 64.6 Å². The van der Waals surface area contributed by atoms with Gasteiger partial charge in [0.1, 0.15) is 0 Å². The first kappa shape index (κ1) is 70.6. The van der Waals surface area contributed by atoms with E-state index in [4.69, 9.17) is 0 Å². The normalized spacial score (nSPS) is 13.5. The van der Waals surface area contributed by atoms with Crippen molar-refractivity contribution < 1.29 is 19.2 Å². The van der Waals surface area contributed by atoms with Crippen LogP contribution < -0.4 is 9.80 Å². The maximum absolute atomic E-state index is 14.3. The number of nitrogens with zero attached hydrogens (tertiary/aromatic N) is 2. The quantitative estimate of drug-likeness (QED) is 0.0944. The molecule has 29 aromatic rings. The van der Waals surface area contributed by atoms with Crippen LogP contribution in [0, 0.1) is 0 Å². The van der Waals surface area contributed by atoms with Gasteiger partial charge in [0.05, 0.1) is 11.4 Å². The first-order valence-corrected chi connectivity index (χ1v) is 45.4. The number of imide groups is 2. The van der Waals surface area contributed by atoms with Gasteiger partial charge in [0, 0.05) is 33.0 Å². The second-order valence-electron chi connectivity index (χ2n) is 36.5. The number of carbonyl (C=O) groups excluding carboxylic acids is 4. The van der Waals surface area contributed by atoms with Crippen molar-refractivity contribution >= 4 is 250 Å². The Kier molecular flexibility index (Phi) is 13.5. The molecule has 2 heterocycles. The number of carbonyl (C=O) groups is 4. The lowest BCUT2D eigenvalue weighted by Gasteiger charge is -2.28. The molecule has 2 aliphatic heterocycles. The van der Waals surface area contributed by atoms with Crippen LogP contribution in [0.1, 0.15) is 41.4 Å². The minimum Gasteiger partial charge on any atom is -0.268 e. The van der Waals surface area contributed by atoms with Crippen LogP contribution in [0.4, 0.5) is 11.4 Å². The zero-order valence-electron chi connectivity index (χ0n) is 70.5. The lowest BCUT2D eigenvalue weighted by atomic mass is 9.81. The minimum atomic E-state index is -0.292. The summed E-state index contributed by atoms with van der Waals surface area (Å²) in [5, 5.41) is 47.7. The predicted octanol–water partition coefficient (Wildman–Crippen LogP) is 33.0. The van der Waals surface area contributed by atoms with Crippen LogP contribution in [0.25, 0.3) is 282 Å². The van der Waals surface area contributed by atoms with Gasteiger partial charge in [0.15, 0.2) is 0 Å². The largest absolute Gasteiger partial charge is 0.268 e. The molecule has 6 nitrogen and oxygen atoms in total. The predicted molar refractivity (Wildman–Crippen MR) is 551 cm³/mol. The molecule has 0 bridgehead atoms. The van der Waals surface area contributed by atoms with Crippen molar-refractivity contribution in [1.82, 2.24) is 0 Å². The molecule has 0 fully saturated rings. The number of hydrogen-bond acceptors (Lipinski definition) is 4. The van der Waals surface area contributed by atoms with E-state index in [0.29, 0.717) is 33.6 Å².